The van der Waals surface area contributed by atoms with Gasteiger partial charge < -0.3 is 10.8 Å². The molecule has 3 nitrogen and oxygen atoms in total. The summed E-state index contributed by atoms with van der Waals surface area (Å²) in [5, 5.41) is 9.44. The van der Waals surface area contributed by atoms with E-state index in [1.807, 2.05) is 18.3 Å². The molecule has 1 aliphatic carbocycles. The first kappa shape index (κ1) is 17.0. The van der Waals surface area contributed by atoms with Crippen molar-refractivity contribution in [2.75, 3.05) is 5.73 Å². The Bertz CT molecular complexity index is 460. The summed E-state index contributed by atoms with van der Waals surface area (Å²) in [4.78, 5) is 4.57. The second-order valence-corrected chi connectivity index (χ2v) is 6.40. The van der Waals surface area contributed by atoms with E-state index in [-0.39, 0.29) is 18.5 Å². The zero-order valence-electron chi connectivity index (χ0n) is 10.4. The molecule has 0 bridgehead atoms. The molecule has 0 aromatic heterocycles. The van der Waals surface area contributed by atoms with Crippen molar-refractivity contribution in [1.82, 2.24) is 0 Å². The van der Waals surface area contributed by atoms with Gasteiger partial charge in [-0.25, -0.2) is 0 Å². The van der Waals surface area contributed by atoms with Gasteiger partial charge in [-0.15, -0.1) is 12.4 Å². The molecule has 3 N–H and O–H groups in total. The molecular weight excluding hydrogens is 395 g/mol. The van der Waals surface area contributed by atoms with Crippen molar-refractivity contribution in [3.05, 3.63) is 26.6 Å². The van der Waals surface area contributed by atoms with Gasteiger partial charge in [0.05, 0.1) is 17.8 Å². The van der Waals surface area contributed by atoms with Gasteiger partial charge in [-0.1, -0.05) is 15.9 Å². The van der Waals surface area contributed by atoms with Crippen molar-refractivity contribution in [2.45, 2.75) is 37.8 Å². The Morgan fingerprint density at radius 2 is 1.84 bits per heavy atom. The molecule has 1 aliphatic rings. The Balaban J connectivity index is 0.00000180. The molecule has 0 aliphatic heterocycles. The first-order valence-electron chi connectivity index (χ1n) is 6.02. The van der Waals surface area contributed by atoms with E-state index in [1.165, 1.54) is 0 Å². The predicted molar refractivity (Wildman–Crippen MR) is 89.4 cm³/mol. The molecule has 1 aromatic rings. The summed E-state index contributed by atoms with van der Waals surface area (Å²) in [6.45, 7) is 0. The second kappa shape index (κ2) is 7.62. The molecule has 0 spiro atoms. The van der Waals surface area contributed by atoms with E-state index >= 15 is 0 Å². The van der Waals surface area contributed by atoms with Gasteiger partial charge in [0.1, 0.15) is 0 Å². The summed E-state index contributed by atoms with van der Waals surface area (Å²) in [5.74, 6) is 0. The van der Waals surface area contributed by atoms with Crippen molar-refractivity contribution in [2.24, 2.45) is 4.99 Å². The van der Waals surface area contributed by atoms with Gasteiger partial charge in [0.15, 0.2) is 0 Å². The molecule has 0 radical (unpaired) electrons. The van der Waals surface area contributed by atoms with E-state index < -0.39 is 0 Å². The number of hydrogen-bond acceptors (Lipinski definition) is 3. The zero-order valence-corrected chi connectivity index (χ0v) is 14.3. The quantitative estimate of drug-likeness (QED) is 0.571. The monoisotopic (exact) mass is 410 g/mol. The standard InChI is InChI=1S/C13H16Br2N2O.ClH/c14-9-5-8(13(16)12(15)6-9)7-17-10-1-3-11(18)4-2-10;/h5-7,10-11,18H,1-4,16H2;1H. The lowest BCUT2D eigenvalue weighted by molar-refractivity contribution is 0.123. The molecule has 19 heavy (non-hydrogen) atoms. The van der Waals surface area contributed by atoms with Crippen LogP contribution in [0.1, 0.15) is 31.2 Å². The average molecular weight is 413 g/mol. The predicted octanol–water partition coefficient (Wildman–Crippen LogP) is 3.94. The molecule has 6 heteroatoms. The third kappa shape index (κ3) is 4.74. The number of aliphatic hydroxyl groups is 1. The average Bonchev–Trinajstić information content (AvgIpc) is 2.34. The number of aliphatic imine (C=N–C) groups is 1. The number of benzene rings is 1. The third-order valence-corrected chi connectivity index (χ3v) is 4.33. The number of nitrogens with two attached hydrogens (primary N) is 1. The van der Waals surface area contributed by atoms with Gasteiger partial charge in [0.25, 0.3) is 0 Å². The first-order valence-corrected chi connectivity index (χ1v) is 7.60. The van der Waals surface area contributed by atoms with Crippen LogP contribution in [0.4, 0.5) is 5.69 Å². The summed E-state index contributed by atoms with van der Waals surface area (Å²) in [7, 11) is 0. The van der Waals surface area contributed by atoms with E-state index in [0.29, 0.717) is 11.7 Å². The lowest BCUT2D eigenvalue weighted by Gasteiger charge is -2.22. The minimum Gasteiger partial charge on any atom is -0.397 e. The van der Waals surface area contributed by atoms with Gasteiger partial charge in [-0.3, -0.25) is 4.99 Å². The van der Waals surface area contributed by atoms with E-state index in [0.717, 1.165) is 40.2 Å². The fourth-order valence-electron chi connectivity index (χ4n) is 2.10. The van der Waals surface area contributed by atoms with Crippen molar-refractivity contribution in [3.8, 4) is 0 Å². The molecule has 1 fully saturated rings. The van der Waals surface area contributed by atoms with Crippen molar-refractivity contribution >= 4 is 56.2 Å². The van der Waals surface area contributed by atoms with Gasteiger partial charge in [0.2, 0.25) is 0 Å². The molecular formula is C13H17Br2ClN2O. The Labute approximate surface area is 136 Å². The molecule has 0 saturated heterocycles. The molecule has 106 valence electrons. The highest BCUT2D eigenvalue weighted by molar-refractivity contribution is 9.11. The number of halogens is 3. The number of nitrogens with zero attached hydrogens (tertiary/aromatic N) is 1. The van der Waals surface area contributed by atoms with Crippen LogP contribution in [0, 0.1) is 0 Å². The molecule has 0 atom stereocenters. The van der Waals surface area contributed by atoms with Gasteiger partial charge in [-0.05, 0) is 53.7 Å². The maximum absolute atomic E-state index is 9.44. The summed E-state index contributed by atoms with van der Waals surface area (Å²) < 4.78 is 1.85. The third-order valence-electron chi connectivity index (χ3n) is 3.22. The van der Waals surface area contributed by atoms with Crippen molar-refractivity contribution in [3.63, 3.8) is 0 Å². The highest BCUT2D eigenvalue weighted by atomic mass is 79.9. The Kier molecular flexibility index (Phi) is 6.80. The van der Waals surface area contributed by atoms with Crippen LogP contribution in [0.2, 0.25) is 0 Å². The topological polar surface area (TPSA) is 58.6 Å². The van der Waals surface area contributed by atoms with Gasteiger partial charge in [-0.2, -0.15) is 0 Å². The van der Waals surface area contributed by atoms with E-state index in [2.05, 4.69) is 36.9 Å². The number of anilines is 1. The molecule has 0 unspecified atom stereocenters. The van der Waals surface area contributed by atoms with Crippen LogP contribution in [-0.2, 0) is 0 Å². The normalized spacial score (nSPS) is 23.3. The minimum atomic E-state index is -0.137. The summed E-state index contributed by atoms with van der Waals surface area (Å²) in [6.07, 6.45) is 5.30. The molecule has 0 amide bonds. The Morgan fingerprint density at radius 1 is 1.21 bits per heavy atom. The van der Waals surface area contributed by atoms with E-state index in [9.17, 15) is 5.11 Å². The van der Waals surface area contributed by atoms with Crippen LogP contribution in [-0.4, -0.2) is 23.5 Å². The highest BCUT2D eigenvalue weighted by Crippen LogP contribution is 2.28. The molecule has 0 heterocycles. The summed E-state index contributed by atoms with van der Waals surface area (Å²) >= 11 is 6.86. The van der Waals surface area contributed by atoms with Crippen molar-refractivity contribution < 1.29 is 5.11 Å². The van der Waals surface area contributed by atoms with Crippen LogP contribution in [0.3, 0.4) is 0 Å². The zero-order chi connectivity index (χ0) is 13.1. The fourth-order valence-corrected chi connectivity index (χ4v) is 3.36. The van der Waals surface area contributed by atoms with Crippen LogP contribution in [0.15, 0.2) is 26.1 Å². The lowest BCUT2D eigenvalue weighted by atomic mass is 9.93. The molecule has 2 rings (SSSR count). The largest absolute Gasteiger partial charge is 0.397 e. The maximum Gasteiger partial charge on any atom is 0.0548 e. The number of aliphatic hydroxyl groups excluding tert-OH is 1. The number of rotatable bonds is 2. The number of nitrogen functional groups attached to an aromatic ring is 1. The Hall–Kier alpha value is -0.100. The van der Waals surface area contributed by atoms with E-state index in [4.69, 9.17) is 5.73 Å². The van der Waals surface area contributed by atoms with Crippen LogP contribution in [0.25, 0.3) is 0 Å². The minimum absolute atomic E-state index is 0. The number of hydrogen-bond donors (Lipinski definition) is 2. The van der Waals surface area contributed by atoms with Crippen LogP contribution < -0.4 is 5.73 Å². The summed E-state index contributed by atoms with van der Waals surface area (Å²) in [5.41, 5.74) is 7.62. The maximum atomic E-state index is 9.44. The van der Waals surface area contributed by atoms with Gasteiger partial charge >= 0.3 is 0 Å². The molecule has 1 aromatic carbocycles. The van der Waals surface area contributed by atoms with Crippen molar-refractivity contribution in [1.29, 1.82) is 0 Å². The fraction of sp³-hybridized carbons (Fsp3) is 0.462. The second-order valence-electron chi connectivity index (χ2n) is 4.63. The van der Waals surface area contributed by atoms with E-state index in [1.54, 1.807) is 0 Å². The Morgan fingerprint density at radius 3 is 2.47 bits per heavy atom. The molecule has 1 saturated carbocycles. The van der Waals surface area contributed by atoms with Crippen LogP contribution >= 0.6 is 44.3 Å². The lowest BCUT2D eigenvalue weighted by Crippen LogP contribution is -2.20. The smallest absolute Gasteiger partial charge is 0.0548 e. The van der Waals surface area contributed by atoms with Crippen LogP contribution in [0.5, 0.6) is 0 Å². The summed E-state index contributed by atoms with van der Waals surface area (Å²) in [6, 6.07) is 4.19. The highest BCUT2D eigenvalue weighted by Gasteiger charge is 2.18. The first-order chi connectivity index (χ1) is 8.56. The van der Waals surface area contributed by atoms with Gasteiger partial charge in [0, 0.05) is 20.7 Å². The SMILES string of the molecule is Cl.Nc1c(Br)cc(Br)cc1C=NC1CCC(O)CC1.